The van der Waals surface area contributed by atoms with Crippen molar-refractivity contribution in [2.75, 3.05) is 13.1 Å². The standard InChI is InChI=1S/C23H31N5O/c29-23(24-19-9-5-2-6-10-19)21-15-27-12-11-18(21)13-20(27)14-28-16-22(25-26-28)17-7-3-1-4-8-17/h1,3-4,7-8,16,18-21H,2,5-6,9-15H2,(H,24,29)/t18-,20+,21-/m0/s1. The molecule has 4 fully saturated rings. The first kappa shape index (κ1) is 18.8. The van der Waals surface area contributed by atoms with Crippen molar-refractivity contribution in [3.8, 4) is 11.3 Å². The molecule has 29 heavy (non-hydrogen) atoms. The van der Waals surface area contributed by atoms with Gasteiger partial charge in [0.25, 0.3) is 0 Å². The maximum absolute atomic E-state index is 12.9. The van der Waals surface area contributed by atoms with Gasteiger partial charge in [0.1, 0.15) is 5.69 Å². The van der Waals surface area contributed by atoms with Crippen LogP contribution in [-0.4, -0.2) is 51.0 Å². The first-order valence-corrected chi connectivity index (χ1v) is 11.3. The molecule has 1 aromatic carbocycles. The number of nitrogens with one attached hydrogen (secondary N) is 1. The molecule has 1 aliphatic carbocycles. The lowest BCUT2D eigenvalue weighted by Crippen LogP contribution is -2.58. The summed E-state index contributed by atoms with van der Waals surface area (Å²) in [7, 11) is 0. The molecule has 6 rings (SSSR count). The number of rotatable bonds is 5. The minimum Gasteiger partial charge on any atom is -0.353 e. The zero-order chi connectivity index (χ0) is 19.6. The molecular formula is C23H31N5O. The molecular weight excluding hydrogens is 362 g/mol. The van der Waals surface area contributed by atoms with E-state index in [-0.39, 0.29) is 5.92 Å². The van der Waals surface area contributed by atoms with Crippen LogP contribution < -0.4 is 5.32 Å². The monoisotopic (exact) mass is 393 g/mol. The molecule has 4 aliphatic rings. The third-order valence-corrected chi connectivity index (χ3v) is 7.17. The van der Waals surface area contributed by atoms with E-state index in [0.29, 0.717) is 23.9 Å². The molecule has 0 spiro atoms. The molecule has 6 heteroatoms. The number of carbonyl (C=O) groups is 1. The number of nitrogens with zero attached hydrogens (tertiary/aromatic N) is 4. The number of aromatic nitrogens is 3. The SMILES string of the molecule is O=C(NC1CCCCC1)[C@H]1CN2CC[C@H]1C[C@@H]2Cn1cc(-c2ccccc2)nn1. The van der Waals surface area contributed by atoms with E-state index in [1.165, 1.54) is 19.3 Å². The maximum atomic E-state index is 12.9. The average Bonchev–Trinajstić information content (AvgIpc) is 3.24. The molecule has 1 saturated carbocycles. The van der Waals surface area contributed by atoms with Gasteiger partial charge in [-0.1, -0.05) is 54.8 Å². The highest BCUT2D eigenvalue weighted by Gasteiger charge is 2.43. The molecule has 1 aromatic heterocycles. The number of benzene rings is 1. The van der Waals surface area contributed by atoms with Crippen molar-refractivity contribution >= 4 is 5.91 Å². The van der Waals surface area contributed by atoms with Gasteiger partial charge in [0.2, 0.25) is 5.91 Å². The van der Waals surface area contributed by atoms with E-state index in [0.717, 1.165) is 56.6 Å². The van der Waals surface area contributed by atoms with Gasteiger partial charge in [-0.15, -0.1) is 5.10 Å². The highest BCUT2D eigenvalue weighted by molar-refractivity contribution is 5.79. The Balaban J connectivity index is 1.19. The second-order valence-corrected chi connectivity index (χ2v) is 9.08. The lowest BCUT2D eigenvalue weighted by Gasteiger charge is -2.49. The van der Waals surface area contributed by atoms with Crippen LogP contribution in [0.3, 0.4) is 0 Å². The molecule has 3 saturated heterocycles. The number of hydrogen-bond donors (Lipinski definition) is 1. The number of hydrogen-bond acceptors (Lipinski definition) is 4. The Morgan fingerprint density at radius 3 is 2.69 bits per heavy atom. The van der Waals surface area contributed by atoms with Crippen LogP contribution in [-0.2, 0) is 11.3 Å². The summed E-state index contributed by atoms with van der Waals surface area (Å²) in [4.78, 5) is 15.4. The molecule has 0 radical (unpaired) electrons. The van der Waals surface area contributed by atoms with E-state index < -0.39 is 0 Å². The van der Waals surface area contributed by atoms with Crippen molar-refractivity contribution in [2.45, 2.75) is 63.6 Å². The summed E-state index contributed by atoms with van der Waals surface area (Å²) in [5.74, 6) is 0.973. The van der Waals surface area contributed by atoms with Crippen LogP contribution >= 0.6 is 0 Å². The lowest BCUT2D eigenvalue weighted by atomic mass is 9.75. The summed E-state index contributed by atoms with van der Waals surface area (Å²) >= 11 is 0. The van der Waals surface area contributed by atoms with E-state index >= 15 is 0 Å². The van der Waals surface area contributed by atoms with Crippen LogP contribution in [0.15, 0.2) is 36.5 Å². The summed E-state index contributed by atoms with van der Waals surface area (Å²) in [6, 6.07) is 11.1. The number of fused-ring (bicyclic) bond motifs is 3. The smallest absolute Gasteiger partial charge is 0.224 e. The van der Waals surface area contributed by atoms with Crippen molar-refractivity contribution in [1.82, 2.24) is 25.2 Å². The minimum atomic E-state index is 0.164. The van der Waals surface area contributed by atoms with Crippen LogP contribution in [0.5, 0.6) is 0 Å². The fraction of sp³-hybridized carbons (Fsp3) is 0.609. The molecule has 3 aliphatic heterocycles. The number of carbonyl (C=O) groups excluding carboxylic acids is 1. The highest BCUT2D eigenvalue weighted by Crippen LogP contribution is 2.37. The quantitative estimate of drug-likeness (QED) is 0.848. The predicted octanol–water partition coefficient (Wildman–Crippen LogP) is 3.10. The normalized spacial score (nSPS) is 29.7. The van der Waals surface area contributed by atoms with Crippen molar-refractivity contribution in [3.05, 3.63) is 36.5 Å². The number of piperidine rings is 3. The zero-order valence-electron chi connectivity index (χ0n) is 17.0. The predicted molar refractivity (Wildman–Crippen MR) is 112 cm³/mol. The highest BCUT2D eigenvalue weighted by atomic mass is 16.2. The Morgan fingerprint density at radius 1 is 1.10 bits per heavy atom. The Labute approximate surface area is 172 Å². The van der Waals surface area contributed by atoms with E-state index in [1.54, 1.807) is 0 Å². The van der Waals surface area contributed by atoms with Gasteiger partial charge in [-0.05, 0) is 38.1 Å². The fourth-order valence-corrected chi connectivity index (χ4v) is 5.53. The Hall–Kier alpha value is -2.21. The Kier molecular flexibility index (Phi) is 5.36. The van der Waals surface area contributed by atoms with E-state index in [4.69, 9.17) is 0 Å². The molecule has 154 valence electrons. The third-order valence-electron chi connectivity index (χ3n) is 7.17. The number of amides is 1. The third kappa shape index (κ3) is 4.08. The molecule has 2 aromatic rings. The minimum absolute atomic E-state index is 0.164. The average molecular weight is 394 g/mol. The van der Waals surface area contributed by atoms with Crippen LogP contribution in [0, 0.1) is 11.8 Å². The van der Waals surface area contributed by atoms with E-state index in [2.05, 4.69) is 32.7 Å². The van der Waals surface area contributed by atoms with E-state index in [9.17, 15) is 4.79 Å². The van der Waals surface area contributed by atoms with Gasteiger partial charge in [-0.25, -0.2) is 0 Å². The lowest BCUT2D eigenvalue weighted by molar-refractivity contribution is -0.134. The van der Waals surface area contributed by atoms with Gasteiger partial charge in [0.05, 0.1) is 18.7 Å². The molecule has 4 atom stereocenters. The van der Waals surface area contributed by atoms with Crippen molar-refractivity contribution in [3.63, 3.8) is 0 Å². The summed E-state index contributed by atoms with van der Waals surface area (Å²) in [6.45, 7) is 2.85. The first-order valence-electron chi connectivity index (χ1n) is 11.3. The second kappa shape index (κ2) is 8.27. The van der Waals surface area contributed by atoms with Crippen molar-refractivity contribution < 1.29 is 4.79 Å². The molecule has 2 bridgehead atoms. The van der Waals surface area contributed by atoms with Gasteiger partial charge < -0.3 is 5.32 Å². The second-order valence-electron chi connectivity index (χ2n) is 9.08. The molecule has 1 N–H and O–H groups in total. The topological polar surface area (TPSA) is 63.1 Å². The van der Waals surface area contributed by atoms with Gasteiger partial charge in [0, 0.05) is 24.2 Å². The molecule has 1 amide bonds. The van der Waals surface area contributed by atoms with Crippen LogP contribution in [0.25, 0.3) is 11.3 Å². The van der Waals surface area contributed by atoms with E-state index in [1.807, 2.05) is 29.1 Å². The summed E-state index contributed by atoms with van der Waals surface area (Å²) in [6.07, 6.45) is 10.4. The fourth-order valence-electron chi connectivity index (χ4n) is 5.53. The largest absolute Gasteiger partial charge is 0.353 e. The van der Waals surface area contributed by atoms with Gasteiger partial charge >= 0.3 is 0 Å². The van der Waals surface area contributed by atoms with Crippen LogP contribution in [0.2, 0.25) is 0 Å². The van der Waals surface area contributed by atoms with Gasteiger partial charge in [0.15, 0.2) is 0 Å². The van der Waals surface area contributed by atoms with Crippen molar-refractivity contribution in [1.29, 1.82) is 0 Å². The molecule has 6 nitrogen and oxygen atoms in total. The first-order chi connectivity index (χ1) is 14.3. The Morgan fingerprint density at radius 2 is 1.93 bits per heavy atom. The summed E-state index contributed by atoms with van der Waals surface area (Å²) in [5, 5.41) is 12.1. The summed E-state index contributed by atoms with van der Waals surface area (Å²) in [5.41, 5.74) is 2.02. The Bertz CT molecular complexity index is 829. The molecule has 4 heterocycles. The van der Waals surface area contributed by atoms with Gasteiger partial charge in [-0.2, -0.15) is 0 Å². The molecule has 1 unspecified atom stereocenters. The van der Waals surface area contributed by atoms with Crippen LogP contribution in [0.1, 0.15) is 44.9 Å². The van der Waals surface area contributed by atoms with Crippen LogP contribution in [0.4, 0.5) is 0 Å². The maximum Gasteiger partial charge on any atom is 0.224 e. The zero-order valence-corrected chi connectivity index (χ0v) is 17.0. The van der Waals surface area contributed by atoms with Crippen molar-refractivity contribution in [2.24, 2.45) is 11.8 Å². The summed E-state index contributed by atoms with van der Waals surface area (Å²) < 4.78 is 1.98. The van der Waals surface area contributed by atoms with Gasteiger partial charge in [-0.3, -0.25) is 14.4 Å².